The van der Waals surface area contributed by atoms with E-state index in [0.29, 0.717) is 30.1 Å². The van der Waals surface area contributed by atoms with Crippen molar-refractivity contribution in [2.24, 2.45) is 0 Å². The summed E-state index contributed by atoms with van der Waals surface area (Å²) in [4.78, 5) is 19.3. The summed E-state index contributed by atoms with van der Waals surface area (Å²) in [7, 11) is 1.84. The van der Waals surface area contributed by atoms with E-state index in [1.165, 1.54) is 11.8 Å². The van der Waals surface area contributed by atoms with E-state index in [0.717, 1.165) is 35.5 Å². The Bertz CT molecular complexity index is 1260. The third-order valence-corrected chi connectivity index (χ3v) is 6.27. The van der Waals surface area contributed by atoms with E-state index in [9.17, 15) is 8.68 Å². The fourth-order valence-electron chi connectivity index (χ4n) is 3.87. The van der Waals surface area contributed by atoms with Crippen molar-refractivity contribution >= 4 is 29.5 Å². The number of benzene rings is 2. The molecule has 0 saturated heterocycles. The molecule has 0 aliphatic carbocycles. The number of aryl methyl sites for hydroxylation is 2. The van der Waals surface area contributed by atoms with Gasteiger partial charge in [0.15, 0.2) is 5.65 Å². The van der Waals surface area contributed by atoms with Gasteiger partial charge in [-0.25, -0.2) is 4.98 Å². The number of nitrogens with one attached hydrogen (secondary N) is 1. The molecule has 0 saturated carbocycles. The van der Waals surface area contributed by atoms with Crippen LogP contribution in [0.1, 0.15) is 24.0 Å². The highest BCUT2D eigenvalue weighted by molar-refractivity contribution is 7.94. The van der Waals surface area contributed by atoms with Crippen LogP contribution in [0, 0.1) is 6.92 Å². The molecule has 6 nitrogen and oxygen atoms in total. The molecule has 0 atom stereocenters. The lowest BCUT2D eigenvalue weighted by Gasteiger charge is -2.18. The van der Waals surface area contributed by atoms with Gasteiger partial charge >= 0.3 is 0 Å². The van der Waals surface area contributed by atoms with Gasteiger partial charge in [0.25, 0.3) is 0 Å². The van der Waals surface area contributed by atoms with Crippen molar-refractivity contribution in [3.8, 4) is 11.3 Å². The van der Waals surface area contributed by atoms with Crippen LogP contribution in [-0.4, -0.2) is 45.5 Å². The zero-order valence-electron chi connectivity index (χ0n) is 19.4. The molecule has 176 valence electrons. The molecule has 0 aliphatic heterocycles. The fourth-order valence-corrected chi connectivity index (χ4v) is 4.15. The average Bonchev–Trinajstić information content (AvgIpc) is 3.29. The monoisotopic (exact) mass is 477 g/mol. The fraction of sp³-hybridized carbons (Fsp3) is 0.269. The Labute approximate surface area is 203 Å². The summed E-state index contributed by atoms with van der Waals surface area (Å²) < 4.78 is 15.1. The van der Waals surface area contributed by atoms with Gasteiger partial charge < -0.3 is 10.2 Å². The molecule has 0 radical (unpaired) electrons. The molecular weight excluding hydrogens is 449 g/mol. The molecule has 2 aromatic carbocycles. The van der Waals surface area contributed by atoms with Crippen LogP contribution in [0.3, 0.4) is 0 Å². The van der Waals surface area contributed by atoms with E-state index < -0.39 is 0 Å². The van der Waals surface area contributed by atoms with Crippen molar-refractivity contribution in [1.82, 2.24) is 19.5 Å². The van der Waals surface area contributed by atoms with Gasteiger partial charge in [-0.1, -0.05) is 54.6 Å². The Morgan fingerprint density at radius 3 is 2.68 bits per heavy atom. The first-order valence-corrected chi connectivity index (χ1v) is 12.0. The quantitative estimate of drug-likeness (QED) is 0.302. The van der Waals surface area contributed by atoms with Crippen LogP contribution in [0.2, 0.25) is 0 Å². The first-order chi connectivity index (χ1) is 16.6. The zero-order valence-corrected chi connectivity index (χ0v) is 20.2. The molecule has 0 unspecified atom stereocenters. The molecule has 0 spiro atoms. The Hall–Kier alpha value is -3.39. The Morgan fingerprint density at radius 1 is 1.15 bits per heavy atom. The lowest BCUT2D eigenvalue weighted by molar-refractivity contribution is -0.129. The summed E-state index contributed by atoms with van der Waals surface area (Å²) in [5, 5.41) is 7.71. The topological polar surface area (TPSA) is 62.5 Å². The molecule has 0 fully saturated rings. The summed E-state index contributed by atoms with van der Waals surface area (Å²) in [6.45, 7) is 3.31. The van der Waals surface area contributed by atoms with E-state index >= 15 is 0 Å². The number of nitrogens with zero attached hydrogens (tertiary/aromatic N) is 4. The lowest BCUT2D eigenvalue weighted by Crippen LogP contribution is -2.29. The van der Waals surface area contributed by atoms with E-state index in [-0.39, 0.29) is 18.1 Å². The predicted octanol–water partition coefficient (Wildman–Crippen LogP) is 5.57. The van der Waals surface area contributed by atoms with Crippen LogP contribution in [0.25, 0.3) is 16.9 Å². The van der Waals surface area contributed by atoms with Crippen LogP contribution >= 0.6 is 12.1 Å². The van der Waals surface area contributed by atoms with Gasteiger partial charge in [0.1, 0.15) is 10.7 Å². The number of fused-ring (bicyclic) bond motifs is 1. The van der Waals surface area contributed by atoms with Gasteiger partial charge in [0.2, 0.25) is 5.91 Å². The molecule has 8 heteroatoms. The van der Waals surface area contributed by atoms with E-state index in [1.807, 2.05) is 74.6 Å². The van der Waals surface area contributed by atoms with Crippen LogP contribution in [0.4, 0.5) is 9.70 Å². The van der Waals surface area contributed by atoms with Gasteiger partial charge in [-0.15, -0.1) is 0 Å². The maximum atomic E-state index is 13.4. The van der Waals surface area contributed by atoms with Crippen LogP contribution in [-0.2, 0) is 11.2 Å². The molecule has 2 aromatic heterocycles. The second-order valence-electron chi connectivity index (χ2n) is 8.24. The van der Waals surface area contributed by atoms with E-state index in [4.69, 9.17) is 0 Å². The summed E-state index contributed by atoms with van der Waals surface area (Å²) in [6, 6.07) is 20.0. The predicted molar refractivity (Wildman–Crippen MR) is 136 cm³/mol. The molecule has 0 bridgehead atoms. The highest BCUT2D eigenvalue weighted by Crippen LogP contribution is 2.29. The third-order valence-electron chi connectivity index (χ3n) is 5.82. The minimum Gasteiger partial charge on any atom is -0.370 e. The van der Waals surface area contributed by atoms with E-state index in [1.54, 1.807) is 9.42 Å². The summed E-state index contributed by atoms with van der Waals surface area (Å²) in [5.41, 5.74) is 4.49. The van der Waals surface area contributed by atoms with Gasteiger partial charge in [0.05, 0.1) is 24.0 Å². The van der Waals surface area contributed by atoms with Crippen molar-refractivity contribution in [3.05, 3.63) is 78.0 Å². The van der Waals surface area contributed by atoms with Gasteiger partial charge in [0, 0.05) is 38.2 Å². The smallest absolute Gasteiger partial charge is 0.222 e. The number of aromatic nitrogens is 3. The number of hydrogen-bond acceptors (Lipinski definition) is 5. The zero-order chi connectivity index (χ0) is 23.9. The number of carbonyl (C=O) groups excluding carboxylic acids is 1. The number of hydrogen-bond donors (Lipinski definition) is 1. The van der Waals surface area contributed by atoms with Gasteiger partial charge in [-0.2, -0.15) is 13.5 Å². The van der Waals surface area contributed by atoms with Crippen LogP contribution in [0.15, 0.2) is 71.8 Å². The largest absolute Gasteiger partial charge is 0.370 e. The number of rotatable bonds is 10. The molecule has 4 rings (SSSR count). The average molecular weight is 478 g/mol. The third kappa shape index (κ3) is 5.56. The van der Waals surface area contributed by atoms with Gasteiger partial charge in [-0.3, -0.25) is 4.79 Å². The summed E-state index contributed by atoms with van der Waals surface area (Å²) >= 11 is 0.142. The SMILES string of the molecule is Cc1ccccc1-c1cc(NCCCN(C)C(=O)CCc2ccccc2)n2ncc(SF)c2n1. The van der Waals surface area contributed by atoms with Crippen molar-refractivity contribution in [2.45, 2.75) is 31.1 Å². The summed E-state index contributed by atoms with van der Waals surface area (Å²) in [5.74, 6) is 0.871. The first-order valence-electron chi connectivity index (χ1n) is 11.3. The molecule has 2 heterocycles. The highest BCUT2D eigenvalue weighted by atomic mass is 32.2. The molecule has 0 aliphatic rings. The normalized spacial score (nSPS) is 11.0. The molecular formula is C26H28FN5OS. The lowest BCUT2D eigenvalue weighted by atomic mass is 10.1. The standard InChI is InChI=1S/C26H28FN5OS/c1-19-9-6-7-12-21(19)22-17-24(32-26(30-22)23(34-27)18-29-32)28-15-8-16-31(2)25(33)14-13-20-10-4-3-5-11-20/h3-7,9-12,17-18,28H,8,13-16H2,1-2H3. The number of carbonyl (C=O) groups is 1. The maximum Gasteiger partial charge on any atom is 0.222 e. The number of amides is 1. The molecule has 1 amide bonds. The van der Waals surface area contributed by atoms with Crippen LogP contribution < -0.4 is 5.32 Å². The molecule has 34 heavy (non-hydrogen) atoms. The second kappa shape index (κ2) is 11.2. The Kier molecular flexibility index (Phi) is 7.80. The van der Waals surface area contributed by atoms with E-state index in [2.05, 4.69) is 15.4 Å². The van der Waals surface area contributed by atoms with Crippen molar-refractivity contribution in [2.75, 3.05) is 25.5 Å². The van der Waals surface area contributed by atoms with Crippen molar-refractivity contribution < 1.29 is 8.68 Å². The molecule has 1 N–H and O–H groups in total. The maximum absolute atomic E-state index is 13.4. The van der Waals surface area contributed by atoms with Gasteiger partial charge in [-0.05, 0) is 30.9 Å². The second-order valence-corrected chi connectivity index (χ2v) is 8.84. The first kappa shape index (κ1) is 23.8. The van der Waals surface area contributed by atoms with Crippen molar-refractivity contribution in [1.29, 1.82) is 0 Å². The minimum atomic E-state index is 0.133. The van der Waals surface area contributed by atoms with Crippen molar-refractivity contribution in [3.63, 3.8) is 0 Å². The Balaban J connectivity index is 1.39. The highest BCUT2D eigenvalue weighted by Gasteiger charge is 2.15. The Morgan fingerprint density at radius 2 is 1.91 bits per heavy atom. The minimum absolute atomic E-state index is 0.133. The number of halogens is 1. The number of anilines is 1. The molecule has 4 aromatic rings. The van der Waals surface area contributed by atoms with Crippen LogP contribution in [0.5, 0.6) is 0 Å². The summed E-state index contributed by atoms with van der Waals surface area (Å²) in [6.07, 6.45) is 3.49.